The van der Waals surface area contributed by atoms with Crippen LogP contribution in [0.5, 0.6) is 0 Å². The number of hydrogen-bond donors (Lipinski definition) is 1. The number of H-pyrrole nitrogens is 1. The number of benzene rings is 1. The molecule has 1 aromatic carbocycles. The van der Waals surface area contributed by atoms with E-state index in [0.717, 1.165) is 5.52 Å². The van der Waals surface area contributed by atoms with Gasteiger partial charge in [0.2, 0.25) is 0 Å². The molecule has 62 valence electrons. The lowest BCUT2D eigenvalue weighted by atomic mass is 10.1. The lowest BCUT2D eigenvalue weighted by molar-refractivity contribution is 1.12. The van der Waals surface area contributed by atoms with Crippen molar-refractivity contribution in [1.29, 1.82) is 0 Å². The van der Waals surface area contributed by atoms with Crippen LogP contribution in [-0.4, -0.2) is 16.5 Å². The molecule has 1 heterocycles. The average Bonchev–Trinajstić information content (AvgIpc) is 2.53. The van der Waals surface area contributed by atoms with Gasteiger partial charge in [-0.2, -0.15) is 5.10 Å². The van der Waals surface area contributed by atoms with Gasteiger partial charge in [0.1, 0.15) is 0 Å². The maximum atomic E-state index is 4.00. The Morgan fingerprint density at radius 1 is 1.42 bits per heavy atom. The van der Waals surface area contributed by atoms with Crippen LogP contribution < -0.4 is 0 Å². The summed E-state index contributed by atoms with van der Waals surface area (Å²) in [5.41, 5.74) is 2.43. The molecule has 12 heavy (non-hydrogen) atoms. The standard InChI is InChI=1S/C9H10N2S/c1-6-7-5-10-11-8(7)3-4-9(6)12-2/h3-5H,1-2H3,(H,10,11). The summed E-state index contributed by atoms with van der Waals surface area (Å²) in [6.45, 7) is 2.13. The van der Waals surface area contributed by atoms with Crippen LogP contribution in [-0.2, 0) is 0 Å². The van der Waals surface area contributed by atoms with Crippen molar-refractivity contribution in [3.8, 4) is 0 Å². The highest BCUT2D eigenvalue weighted by atomic mass is 32.2. The fourth-order valence-electron chi connectivity index (χ4n) is 1.36. The molecule has 0 radical (unpaired) electrons. The maximum absolute atomic E-state index is 4.00. The van der Waals surface area contributed by atoms with Crippen LogP contribution in [0.2, 0.25) is 0 Å². The van der Waals surface area contributed by atoms with E-state index < -0.39 is 0 Å². The number of hydrogen-bond acceptors (Lipinski definition) is 2. The Bertz CT molecular complexity index is 406. The van der Waals surface area contributed by atoms with E-state index in [0.29, 0.717) is 0 Å². The first-order chi connectivity index (χ1) is 5.83. The second-order valence-electron chi connectivity index (χ2n) is 2.72. The van der Waals surface area contributed by atoms with Crippen molar-refractivity contribution < 1.29 is 0 Å². The quantitative estimate of drug-likeness (QED) is 0.680. The molecule has 0 bridgehead atoms. The molecule has 0 fully saturated rings. The molecule has 0 atom stereocenters. The topological polar surface area (TPSA) is 28.7 Å². The molecule has 2 rings (SSSR count). The minimum absolute atomic E-state index is 1.12. The minimum Gasteiger partial charge on any atom is -0.278 e. The van der Waals surface area contributed by atoms with E-state index in [2.05, 4.69) is 35.5 Å². The summed E-state index contributed by atoms with van der Waals surface area (Å²) in [5, 5.41) is 8.18. The molecule has 0 saturated heterocycles. The van der Waals surface area contributed by atoms with Gasteiger partial charge in [0.15, 0.2) is 0 Å². The van der Waals surface area contributed by atoms with Crippen molar-refractivity contribution in [2.45, 2.75) is 11.8 Å². The zero-order valence-electron chi connectivity index (χ0n) is 7.09. The number of rotatable bonds is 1. The third-order valence-electron chi connectivity index (χ3n) is 2.06. The zero-order chi connectivity index (χ0) is 8.55. The van der Waals surface area contributed by atoms with Crippen molar-refractivity contribution in [3.63, 3.8) is 0 Å². The van der Waals surface area contributed by atoms with Crippen LogP contribution in [0.3, 0.4) is 0 Å². The van der Waals surface area contributed by atoms with Gasteiger partial charge in [-0.1, -0.05) is 0 Å². The molecular weight excluding hydrogens is 168 g/mol. The Labute approximate surface area is 75.4 Å². The Morgan fingerprint density at radius 2 is 2.25 bits per heavy atom. The number of thioether (sulfide) groups is 1. The molecule has 0 aliphatic heterocycles. The summed E-state index contributed by atoms with van der Waals surface area (Å²) in [7, 11) is 0. The third kappa shape index (κ3) is 1.01. The third-order valence-corrected chi connectivity index (χ3v) is 2.95. The summed E-state index contributed by atoms with van der Waals surface area (Å²) < 4.78 is 0. The number of aromatic nitrogens is 2. The second kappa shape index (κ2) is 2.83. The van der Waals surface area contributed by atoms with Crippen LogP contribution >= 0.6 is 11.8 Å². The van der Waals surface area contributed by atoms with Crippen molar-refractivity contribution >= 4 is 22.7 Å². The number of fused-ring (bicyclic) bond motifs is 1. The summed E-state index contributed by atoms with van der Waals surface area (Å²) in [6, 6.07) is 4.20. The molecule has 0 amide bonds. The average molecular weight is 178 g/mol. The molecule has 3 heteroatoms. The van der Waals surface area contributed by atoms with Gasteiger partial charge in [0, 0.05) is 10.3 Å². The van der Waals surface area contributed by atoms with E-state index in [-0.39, 0.29) is 0 Å². The first-order valence-electron chi connectivity index (χ1n) is 3.79. The lowest BCUT2D eigenvalue weighted by Gasteiger charge is -2.01. The van der Waals surface area contributed by atoms with E-state index >= 15 is 0 Å². The van der Waals surface area contributed by atoms with Gasteiger partial charge in [-0.25, -0.2) is 0 Å². The number of aromatic amines is 1. The summed E-state index contributed by atoms with van der Waals surface area (Å²) in [4.78, 5) is 1.32. The van der Waals surface area contributed by atoms with Gasteiger partial charge in [0.05, 0.1) is 11.7 Å². The first kappa shape index (κ1) is 7.68. The summed E-state index contributed by atoms with van der Waals surface area (Å²) >= 11 is 1.77. The number of nitrogens with zero attached hydrogens (tertiary/aromatic N) is 1. The second-order valence-corrected chi connectivity index (χ2v) is 3.57. The molecule has 1 N–H and O–H groups in total. The van der Waals surface area contributed by atoms with Gasteiger partial charge in [-0.15, -0.1) is 11.8 Å². The van der Waals surface area contributed by atoms with E-state index in [1.807, 2.05) is 6.20 Å². The Hall–Kier alpha value is -0.960. The van der Waals surface area contributed by atoms with Crippen molar-refractivity contribution in [1.82, 2.24) is 10.2 Å². The summed E-state index contributed by atoms with van der Waals surface area (Å²) in [5.74, 6) is 0. The van der Waals surface area contributed by atoms with Gasteiger partial charge < -0.3 is 0 Å². The molecule has 1 aromatic heterocycles. The molecular formula is C9H10N2S. The molecule has 0 saturated carbocycles. The highest BCUT2D eigenvalue weighted by molar-refractivity contribution is 7.98. The van der Waals surface area contributed by atoms with Gasteiger partial charge in [-0.3, -0.25) is 5.10 Å². The molecule has 0 unspecified atom stereocenters. The highest BCUT2D eigenvalue weighted by Gasteiger charge is 2.02. The Morgan fingerprint density at radius 3 is 3.00 bits per heavy atom. The molecule has 0 spiro atoms. The van der Waals surface area contributed by atoms with Crippen LogP contribution in [0, 0.1) is 6.92 Å². The van der Waals surface area contributed by atoms with E-state index in [1.165, 1.54) is 15.8 Å². The Balaban J connectivity index is 2.78. The first-order valence-corrected chi connectivity index (χ1v) is 5.02. The predicted octanol–water partition coefficient (Wildman–Crippen LogP) is 2.59. The van der Waals surface area contributed by atoms with Gasteiger partial charge >= 0.3 is 0 Å². The van der Waals surface area contributed by atoms with Gasteiger partial charge in [0.25, 0.3) is 0 Å². The maximum Gasteiger partial charge on any atom is 0.0653 e. The SMILES string of the molecule is CSc1ccc2[nH]ncc2c1C. The smallest absolute Gasteiger partial charge is 0.0653 e. The Kier molecular flexibility index (Phi) is 1.81. The normalized spacial score (nSPS) is 10.8. The molecule has 2 nitrogen and oxygen atoms in total. The molecule has 0 aliphatic carbocycles. The van der Waals surface area contributed by atoms with E-state index in [4.69, 9.17) is 0 Å². The van der Waals surface area contributed by atoms with Crippen molar-refractivity contribution in [3.05, 3.63) is 23.9 Å². The van der Waals surface area contributed by atoms with Crippen LogP contribution in [0.4, 0.5) is 0 Å². The van der Waals surface area contributed by atoms with Crippen LogP contribution in [0.1, 0.15) is 5.56 Å². The monoisotopic (exact) mass is 178 g/mol. The molecule has 0 aliphatic rings. The van der Waals surface area contributed by atoms with Crippen molar-refractivity contribution in [2.24, 2.45) is 0 Å². The number of nitrogens with one attached hydrogen (secondary N) is 1. The van der Waals surface area contributed by atoms with E-state index in [1.54, 1.807) is 11.8 Å². The minimum atomic E-state index is 1.12. The van der Waals surface area contributed by atoms with E-state index in [9.17, 15) is 0 Å². The van der Waals surface area contributed by atoms with Gasteiger partial charge in [-0.05, 0) is 30.9 Å². The fraction of sp³-hybridized carbons (Fsp3) is 0.222. The number of aryl methyl sites for hydroxylation is 1. The predicted molar refractivity (Wildman–Crippen MR) is 52.6 cm³/mol. The highest BCUT2D eigenvalue weighted by Crippen LogP contribution is 2.25. The molecule has 2 aromatic rings. The zero-order valence-corrected chi connectivity index (χ0v) is 7.90. The fourth-order valence-corrected chi connectivity index (χ4v) is 1.98. The largest absolute Gasteiger partial charge is 0.278 e. The summed E-state index contributed by atoms with van der Waals surface area (Å²) in [6.07, 6.45) is 3.97. The van der Waals surface area contributed by atoms with Crippen LogP contribution in [0.15, 0.2) is 23.2 Å². The lowest BCUT2D eigenvalue weighted by Crippen LogP contribution is -1.79. The van der Waals surface area contributed by atoms with Crippen molar-refractivity contribution in [2.75, 3.05) is 6.26 Å². The van der Waals surface area contributed by atoms with Crippen LogP contribution in [0.25, 0.3) is 10.9 Å².